The van der Waals surface area contributed by atoms with Gasteiger partial charge in [-0.1, -0.05) is 0 Å². The van der Waals surface area contributed by atoms with Gasteiger partial charge in [0.05, 0.1) is 17.9 Å². The van der Waals surface area contributed by atoms with Crippen LogP contribution in [-0.4, -0.2) is 27.1 Å². The fourth-order valence-corrected chi connectivity index (χ4v) is 1.71. The molecule has 0 saturated carbocycles. The van der Waals surface area contributed by atoms with Crippen molar-refractivity contribution in [2.24, 2.45) is 0 Å². The lowest BCUT2D eigenvalue weighted by Gasteiger charge is -2.11. The number of hydrogen-bond acceptors (Lipinski definition) is 4. The van der Waals surface area contributed by atoms with Gasteiger partial charge in [0.2, 0.25) is 0 Å². The first-order chi connectivity index (χ1) is 9.08. The fourth-order valence-electron chi connectivity index (χ4n) is 1.71. The summed E-state index contributed by atoms with van der Waals surface area (Å²) in [7, 11) is 0. The Kier molecular flexibility index (Phi) is 3.75. The molecule has 0 unspecified atom stereocenters. The van der Waals surface area contributed by atoms with Gasteiger partial charge in [0.15, 0.2) is 0 Å². The maximum absolute atomic E-state index is 11.2. The summed E-state index contributed by atoms with van der Waals surface area (Å²) in [5.74, 6) is -0.389. The fraction of sp³-hybridized carbons (Fsp3) is 0.214. The van der Waals surface area contributed by atoms with Crippen molar-refractivity contribution in [3.05, 3.63) is 42.5 Å². The number of aromatic carboxylic acids is 1. The first kappa shape index (κ1) is 13.0. The third kappa shape index (κ3) is 3.07. The zero-order valence-corrected chi connectivity index (χ0v) is 10.7. The monoisotopic (exact) mass is 258 g/mol. The maximum Gasteiger partial charge on any atom is 0.336 e. The summed E-state index contributed by atoms with van der Waals surface area (Å²) in [6, 6.07) is 3.23. The van der Waals surface area contributed by atoms with Crippen molar-refractivity contribution >= 4 is 5.97 Å². The lowest BCUT2D eigenvalue weighted by atomic mass is 10.0. The SMILES string of the molecule is CC(C)Oc1cncc(-c2cnccc2C(=O)O)c1. The molecule has 2 aromatic rings. The Hall–Kier alpha value is -2.43. The second-order valence-corrected chi connectivity index (χ2v) is 4.30. The van der Waals surface area contributed by atoms with E-state index in [2.05, 4.69) is 9.97 Å². The van der Waals surface area contributed by atoms with Crippen molar-refractivity contribution in [1.82, 2.24) is 9.97 Å². The van der Waals surface area contributed by atoms with Gasteiger partial charge in [0.1, 0.15) is 5.75 Å². The Balaban J connectivity index is 2.44. The number of hydrogen-bond donors (Lipinski definition) is 1. The summed E-state index contributed by atoms with van der Waals surface area (Å²) in [5, 5.41) is 9.16. The molecular formula is C14H14N2O3. The van der Waals surface area contributed by atoms with Crippen LogP contribution in [-0.2, 0) is 0 Å². The van der Waals surface area contributed by atoms with Gasteiger partial charge in [-0.15, -0.1) is 0 Å². The molecule has 0 bridgehead atoms. The van der Waals surface area contributed by atoms with Crippen LogP contribution in [0.15, 0.2) is 36.9 Å². The average Bonchev–Trinajstić information content (AvgIpc) is 2.38. The molecule has 5 nitrogen and oxygen atoms in total. The molecule has 0 spiro atoms. The summed E-state index contributed by atoms with van der Waals surface area (Å²) in [6.07, 6.45) is 6.19. The van der Waals surface area contributed by atoms with Crippen molar-refractivity contribution in [2.75, 3.05) is 0 Å². The topological polar surface area (TPSA) is 72.3 Å². The maximum atomic E-state index is 11.2. The Morgan fingerprint density at radius 3 is 2.74 bits per heavy atom. The molecule has 19 heavy (non-hydrogen) atoms. The smallest absolute Gasteiger partial charge is 0.336 e. The Labute approximate surface area is 110 Å². The van der Waals surface area contributed by atoms with E-state index >= 15 is 0 Å². The first-order valence-corrected chi connectivity index (χ1v) is 5.87. The van der Waals surface area contributed by atoms with Crippen molar-refractivity contribution in [1.29, 1.82) is 0 Å². The minimum Gasteiger partial charge on any atom is -0.489 e. The van der Waals surface area contributed by atoms with Crippen LogP contribution in [0.2, 0.25) is 0 Å². The highest BCUT2D eigenvalue weighted by atomic mass is 16.5. The van der Waals surface area contributed by atoms with Crippen molar-refractivity contribution in [2.45, 2.75) is 20.0 Å². The van der Waals surface area contributed by atoms with E-state index in [4.69, 9.17) is 9.84 Å². The van der Waals surface area contributed by atoms with Crippen LogP contribution in [0.25, 0.3) is 11.1 Å². The predicted molar refractivity (Wildman–Crippen MR) is 70.2 cm³/mol. The number of carboxylic acids is 1. The summed E-state index contributed by atoms with van der Waals surface area (Å²) >= 11 is 0. The molecule has 0 fully saturated rings. The summed E-state index contributed by atoms with van der Waals surface area (Å²) in [5.41, 5.74) is 1.39. The molecule has 0 amide bonds. The van der Waals surface area contributed by atoms with E-state index in [1.807, 2.05) is 13.8 Å². The Morgan fingerprint density at radius 1 is 1.26 bits per heavy atom. The predicted octanol–water partition coefficient (Wildman–Crippen LogP) is 2.63. The van der Waals surface area contributed by atoms with Crippen LogP contribution in [0.4, 0.5) is 0 Å². The van der Waals surface area contributed by atoms with E-state index in [0.717, 1.165) is 0 Å². The van der Waals surface area contributed by atoms with Crippen LogP contribution in [0.5, 0.6) is 5.75 Å². The summed E-state index contributed by atoms with van der Waals surface area (Å²) < 4.78 is 5.55. The standard InChI is InChI=1S/C14H14N2O3/c1-9(2)19-11-5-10(6-16-7-11)13-8-15-4-3-12(13)14(17)18/h3-9H,1-2H3,(H,17,18). The molecular weight excluding hydrogens is 244 g/mol. The number of aromatic nitrogens is 2. The van der Waals surface area contributed by atoms with Crippen LogP contribution in [0, 0.1) is 0 Å². The summed E-state index contributed by atoms with van der Waals surface area (Å²) in [6.45, 7) is 3.83. The molecule has 2 rings (SSSR count). The molecule has 1 N–H and O–H groups in total. The minimum atomic E-state index is -0.993. The van der Waals surface area contributed by atoms with E-state index in [9.17, 15) is 4.79 Å². The van der Waals surface area contributed by atoms with Gasteiger partial charge < -0.3 is 9.84 Å². The zero-order chi connectivity index (χ0) is 13.8. The Morgan fingerprint density at radius 2 is 2.05 bits per heavy atom. The number of carboxylic acid groups (broad SMARTS) is 1. The first-order valence-electron chi connectivity index (χ1n) is 5.87. The molecule has 2 heterocycles. The van der Waals surface area contributed by atoms with E-state index in [-0.39, 0.29) is 11.7 Å². The molecule has 0 aromatic carbocycles. The minimum absolute atomic E-state index is 0.0323. The number of rotatable bonds is 4. The van der Waals surface area contributed by atoms with Crippen molar-refractivity contribution in [3.8, 4) is 16.9 Å². The highest BCUT2D eigenvalue weighted by Gasteiger charge is 2.12. The van der Waals surface area contributed by atoms with E-state index in [0.29, 0.717) is 16.9 Å². The number of pyridine rings is 2. The molecule has 98 valence electrons. The average molecular weight is 258 g/mol. The second kappa shape index (κ2) is 5.48. The normalized spacial score (nSPS) is 10.5. The quantitative estimate of drug-likeness (QED) is 0.912. The Bertz CT molecular complexity index is 597. The molecule has 2 aromatic heterocycles. The van der Waals surface area contributed by atoms with Gasteiger partial charge in [-0.2, -0.15) is 0 Å². The van der Waals surface area contributed by atoms with Crippen molar-refractivity contribution in [3.63, 3.8) is 0 Å². The van der Waals surface area contributed by atoms with E-state index in [1.165, 1.54) is 18.5 Å². The molecule has 5 heteroatoms. The van der Waals surface area contributed by atoms with E-state index in [1.54, 1.807) is 18.5 Å². The van der Waals surface area contributed by atoms with Crippen LogP contribution >= 0.6 is 0 Å². The van der Waals surface area contributed by atoms with Crippen LogP contribution in [0.1, 0.15) is 24.2 Å². The van der Waals surface area contributed by atoms with Crippen molar-refractivity contribution < 1.29 is 14.6 Å². The van der Waals surface area contributed by atoms with Gasteiger partial charge in [-0.3, -0.25) is 9.97 Å². The van der Waals surface area contributed by atoms with E-state index < -0.39 is 5.97 Å². The van der Waals surface area contributed by atoms with Crippen LogP contribution in [0.3, 0.4) is 0 Å². The zero-order valence-electron chi connectivity index (χ0n) is 10.7. The third-order valence-electron chi connectivity index (χ3n) is 2.45. The van der Waals surface area contributed by atoms with Gasteiger partial charge in [-0.25, -0.2) is 4.79 Å². The molecule has 0 aliphatic carbocycles. The largest absolute Gasteiger partial charge is 0.489 e. The molecule has 0 aliphatic heterocycles. The number of ether oxygens (including phenoxy) is 1. The molecule has 0 aliphatic rings. The van der Waals surface area contributed by atoms with Gasteiger partial charge in [-0.05, 0) is 26.0 Å². The van der Waals surface area contributed by atoms with Crippen LogP contribution < -0.4 is 4.74 Å². The lowest BCUT2D eigenvalue weighted by Crippen LogP contribution is -2.06. The number of carbonyl (C=O) groups is 1. The molecule has 0 saturated heterocycles. The highest BCUT2D eigenvalue weighted by molar-refractivity contribution is 5.95. The highest BCUT2D eigenvalue weighted by Crippen LogP contribution is 2.25. The number of nitrogens with zero attached hydrogens (tertiary/aromatic N) is 2. The summed E-state index contributed by atoms with van der Waals surface area (Å²) in [4.78, 5) is 19.2. The second-order valence-electron chi connectivity index (χ2n) is 4.30. The van der Waals surface area contributed by atoms with Gasteiger partial charge in [0.25, 0.3) is 0 Å². The lowest BCUT2D eigenvalue weighted by molar-refractivity contribution is 0.0697. The molecule has 0 radical (unpaired) electrons. The molecule has 0 atom stereocenters. The van der Waals surface area contributed by atoms with Gasteiger partial charge in [0, 0.05) is 29.7 Å². The third-order valence-corrected chi connectivity index (χ3v) is 2.45. The van der Waals surface area contributed by atoms with Gasteiger partial charge >= 0.3 is 5.97 Å².